The van der Waals surface area contributed by atoms with Crippen LogP contribution in [0.5, 0.6) is 0 Å². The lowest BCUT2D eigenvalue weighted by atomic mass is 9.95. The summed E-state index contributed by atoms with van der Waals surface area (Å²) in [7, 11) is 0. The number of hydrogen-bond donors (Lipinski definition) is 3. The predicted octanol–water partition coefficient (Wildman–Crippen LogP) is 3.41. The maximum atomic E-state index is 12.1. The number of carbonyl (C=O) groups excluding carboxylic acids is 1. The number of amides is 1. The molecule has 26 heavy (non-hydrogen) atoms. The van der Waals surface area contributed by atoms with E-state index >= 15 is 0 Å². The van der Waals surface area contributed by atoms with Gasteiger partial charge in [0.1, 0.15) is 0 Å². The Morgan fingerprint density at radius 3 is 2.65 bits per heavy atom. The van der Waals surface area contributed by atoms with Gasteiger partial charge in [0.05, 0.1) is 18.8 Å². The zero-order valence-corrected chi connectivity index (χ0v) is 16.0. The second-order valence-electron chi connectivity index (χ2n) is 7.24. The Bertz CT molecular complexity index is 503. The van der Waals surface area contributed by atoms with Gasteiger partial charge in [0.15, 0.2) is 0 Å². The van der Waals surface area contributed by atoms with Gasteiger partial charge in [-0.1, -0.05) is 62.9 Å². The number of alkyl carbamates (subject to hydrolysis) is 1. The minimum Gasteiger partial charge on any atom is -0.450 e. The van der Waals surface area contributed by atoms with E-state index in [1.165, 1.54) is 32.1 Å². The van der Waals surface area contributed by atoms with Crippen molar-refractivity contribution in [3.63, 3.8) is 0 Å². The highest BCUT2D eigenvalue weighted by Crippen LogP contribution is 2.17. The van der Waals surface area contributed by atoms with Gasteiger partial charge < -0.3 is 20.5 Å². The van der Waals surface area contributed by atoms with Crippen LogP contribution in [0.3, 0.4) is 0 Å². The molecule has 0 unspecified atom stereocenters. The van der Waals surface area contributed by atoms with Crippen molar-refractivity contribution in [1.82, 2.24) is 10.6 Å². The van der Waals surface area contributed by atoms with E-state index in [1.54, 1.807) is 0 Å². The number of rotatable bonds is 10. The van der Waals surface area contributed by atoms with Gasteiger partial charge in [0.2, 0.25) is 0 Å². The lowest BCUT2D eigenvalue weighted by Crippen LogP contribution is -2.50. The van der Waals surface area contributed by atoms with E-state index in [0.29, 0.717) is 25.6 Å². The predicted molar refractivity (Wildman–Crippen MR) is 104 cm³/mol. The smallest absolute Gasteiger partial charge is 0.407 e. The van der Waals surface area contributed by atoms with Crippen LogP contribution in [0.2, 0.25) is 0 Å². The quantitative estimate of drug-likeness (QED) is 0.558. The van der Waals surface area contributed by atoms with Crippen LogP contribution < -0.4 is 10.6 Å². The molecule has 0 radical (unpaired) electrons. The van der Waals surface area contributed by atoms with Crippen LogP contribution in [0, 0.1) is 0 Å². The molecule has 1 amide bonds. The van der Waals surface area contributed by atoms with Gasteiger partial charge in [0.25, 0.3) is 0 Å². The summed E-state index contributed by atoms with van der Waals surface area (Å²) in [5.74, 6) is 0. The zero-order chi connectivity index (χ0) is 18.6. The molecule has 146 valence electrons. The summed E-state index contributed by atoms with van der Waals surface area (Å²) in [5, 5.41) is 17.0. The lowest BCUT2D eigenvalue weighted by molar-refractivity contribution is 0.0999. The number of carbonyl (C=O) groups is 1. The fourth-order valence-corrected chi connectivity index (χ4v) is 3.39. The summed E-state index contributed by atoms with van der Waals surface area (Å²) in [6, 6.07) is 10.0. The van der Waals surface area contributed by atoms with Crippen molar-refractivity contribution in [2.45, 2.75) is 76.5 Å². The molecular formula is C21H34N2O3. The Hall–Kier alpha value is -1.59. The summed E-state index contributed by atoms with van der Waals surface area (Å²) >= 11 is 0. The Labute approximate surface area is 157 Å². The zero-order valence-electron chi connectivity index (χ0n) is 16.0. The minimum atomic E-state index is -0.657. The molecule has 1 fully saturated rings. The summed E-state index contributed by atoms with van der Waals surface area (Å²) < 4.78 is 5.21. The first-order valence-corrected chi connectivity index (χ1v) is 10.1. The molecule has 0 spiro atoms. The molecule has 0 aliphatic heterocycles. The molecule has 2 rings (SSSR count). The second kappa shape index (κ2) is 11.9. The van der Waals surface area contributed by atoms with Gasteiger partial charge >= 0.3 is 6.09 Å². The van der Waals surface area contributed by atoms with Crippen LogP contribution >= 0.6 is 0 Å². The number of unbranched alkanes of at least 4 members (excludes halogenated alkanes) is 1. The Kier molecular flexibility index (Phi) is 9.50. The largest absolute Gasteiger partial charge is 0.450 e. The maximum Gasteiger partial charge on any atom is 0.407 e. The van der Waals surface area contributed by atoms with Crippen LogP contribution in [0.25, 0.3) is 0 Å². The molecule has 1 aromatic rings. The summed E-state index contributed by atoms with van der Waals surface area (Å²) in [4.78, 5) is 12.1. The number of ether oxygens (including phenoxy) is 1. The summed E-state index contributed by atoms with van der Waals surface area (Å²) in [6.45, 7) is 2.95. The Morgan fingerprint density at radius 1 is 1.23 bits per heavy atom. The van der Waals surface area contributed by atoms with Gasteiger partial charge in [0, 0.05) is 12.6 Å². The van der Waals surface area contributed by atoms with Crippen LogP contribution in [0.1, 0.15) is 57.4 Å². The first kappa shape index (κ1) is 20.7. The van der Waals surface area contributed by atoms with Crippen molar-refractivity contribution in [3.05, 3.63) is 35.9 Å². The van der Waals surface area contributed by atoms with Crippen molar-refractivity contribution in [3.8, 4) is 0 Å². The lowest BCUT2D eigenvalue weighted by Gasteiger charge is -2.28. The Morgan fingerprint density at radius 2 is 1.96 bits per heavy atom. The van der Waals surface area contributed by atoms with Gasteiger partial charge in [-0.05, 0) is 31.2 Å². The van der Waals surface area contributed by atoms with Crippen LogP contribution in [0.15, 0.2) is 30.3 Å². The molecule has 3 N–H and O–H groups in total. The maximum absolute atomic E-state index is 12.1. The van der Waals surface area contributed by atoms with Crippen molar-refractivity contribution < 1.29 is 14.6 Å². The number of benzene rings is 1. The van der Waals surface area contributed by atoms with Crippen LogP contribution in [-0.4, -0.2) is 42.5 Å². The van der Waals surface area contributed by atoms with Gasteiger partial charge in [-0.3, -0.25) is 0 Å². The molecule has 0 heterocycles. The van der Waals surface area contributed by atoms with Crippen molar-refractivity contribution in [2.24, 2.45) is 0 Å². The average Bonchev–Trinajstić information content (AvgIpc) is 2.67. The average molecular weight is 363 g/mol. The fourth-order valence-electron chi connectivity index (χ4n) is 3.39. The van der Waals surface area contributed by atoms with Crippen molar-refractivity contribution >= 4 is 6.09 Å². The third-order valence-corrected chi connectivity index (χ3v) is 5.02. The highest BCUT2D eigenvalue weighted by Gasteiger charge is 2.24. The minimum absolute atomic E-state index is 0.373. The van der Waals surface area contributed by atoms with Crippen molar-refractivity contribution in [1.29, 1.82) is 0 Å². The van der Waals surface area contributed by atoms with Crippen LogP contribution in [0.4, 0.5) is 4.79 Å². The number of aliphatic hydroxyl groups excluding tert-OH is 1. The van der Waals surface area contributed by atoms with E-state index < -0.39 is 12.2 Å². The van der Waals surface area contributed by atoms with E-state index in [0.717, 1.165) is 18.4 Å². The van der Waals surface area contributed by atoms with Crippen LogP contribution in [-0.2, 0) is 11.2 Å². The first-order chi connectivity index (χ1) is 12.7. The molecular weight excluding hydrogens is 328 g/mol. The molecule has 0 saturated heterocycles. The standard InChI is InChI=1S/C21H34N2O3/c1-2-3-14-26-21(25)23-19(15-17-10-6-4-7-11-17)20(24)16-22-18-12-8-5-9-13-18/h4,6-7,10-11,18-20,22,24H,2-3,5,8-9,12-16H2,1H3,(H,23,25)/t19-,20+/m0/s1. The highest BCUT2D eigenvalue weighted by molar-refractivity contribution is 5.67. The first-order valence-electron chi connectivity index (χ1n) is 10.1. The van der Waals surface area contributed by atoms with Gasteiger partial charge in [-0.2, -0.15) is 0 Å². The third-order valence-electron chi connectivity index (χ3n) is 5.02. The number of nitrogens with one attached hydrogen (secondary N) is 2. The molecule has 0 bridgehead atoms. The topological polar surface area (TPSA) is 70.6 Å². The van der Waals surface area contributed by atoms with E-state index in [1.807, 2.05) is 30.3 Å². The molecule has 5 nitrogen and oxygen atoms in total. The number of hydrogen-bond acceptors (Lipinski definition) is 4. The van der Waals surface area contributed by atoms with Gasteiger partial charge in [-0.15, -0.1) is 0 Å². The second-order valence-corrected chi connectivity index (χ2v) is 7.24. The molecule has 0 aromatic heterocycles. The van der Waals surface area contributed by atoms with E-state index in [9.17, 15) is 9.90 Å². The molecule has 1 saturated carbocycles. The van der Waals surface area contributed by atoms with Crippen molar-refractivity contribution in [2.75, 3.05) is 13.2 Å². The van der Waals surface area contributed by atoms with E-state index in [4.69, 9.17) is 4.74 Å². The van der Waals surface area contributed by atoms with Gasteiger partial charge in [-0.25, -0.2) is 4.79 Å². The molecule has 1 aliphatic rings. The molecule has 5 heteroatoms. The monoisotopic (exact) mass is 362 g/mol. The highest BCUT2D eigenvalue weighted by atomic mass is 16.5. The van der Waals surface area contributed by atoms with E-state index in [-0.39, 0.29) is 6.04 Å². The molecule has 1 aliphatic carbocycles. The fraction of sp³-hybridized carbons (Fsp3) is 0.667. The third kappa shape index (κ3) is 7.75. The number of aliphatic hydroxyl groups is 1. The normalized spacial score (nSPS) is 17.5. The Balaban J connectivity index is 1.88. The van der Waals surface area contributed by atoms with E-state index in [2.05, 4.69) is 17.6 Å². The summed E-state index contributed by atoms with van der Waals surface area (Å²) in [5.41, 5.74) is 1.09. The molecule has 2 atom stereocenters. The summed E-state index contributed by atoms with van der Waals surface area (Å²) in [6.07, 6.45) is 7.46. The SMILES string of the molecule is CCCCOC(=O)N[C@@H](Cc1ccccc1)[C@H](O)CNC1CCCCC1. The molecule has 1 aromatic carbocycles.